The number of aryl methyl sites for hydroxylation is 1. The summed E-state index contributed by atoms with van der Waals surface area (Å²) < 4.78 is 26.3. The number of benzene rings is 1. The minimum atomic E-state index is -0.141. The number of fused-ring (bicyclic) bond motifs is 1. The van der Waals surface area contributed by atoms with Gasteiger partial charge < -0.3 is 9.64 Å². The maximum atomic E-state index is 14.1. The predicted octanol–water partition coefficient (Wildman–Crippen LogP) is 4.55. The fourth-order valence-corrected chi connectivity index (χ4v) is 5.14. The summed E-state index contributed by atoms with van der Waals surface area (Å²) in [5.74, 6) is 0.288. The molecule has 2 aliphatic rings. The van der Waals surface area contributed by atoms with Crippen LogP contribution in [0, 0.1) is 5.82 Å². The van der Waals surface area contributed by atoms with Gasteiger partial charge in [-0.2, -0.15) is 5.10 Å². The Morgan fingerprint density at radius 1 is 1.23 bits per heavy atom. The molecule has 2 aromatic rings. The molecule has 1 aromatic carbocycles. The number of nitrogens with one attached hydrogen (secondary N) is 1. The number of anilines is 1. The van der Waals surface area contributed by atoms with Crippen molar-refractivity contribution < 1.29 is 9.13 Å². The number of piperidine rings is 1. The van der Waals surface area contributed by atoms with Gasteiger partial charge >= 0.3 is 0 Å². The van der Waals surface area contributed by atoms with Crippen LogP contribution in [0.15, 0.2) is 30.3 Å². The molecule has 0 saturated carbocycles. The van der Waals surface area contributed by atoms with Crippen LogP contribution < -0.4 is 9.62 Å². The van der Waals surface area contributed by atoms with E-state index in [9.17, 15) is 4.39 Å². The summed E-state index contributed by atoms with van der Waals surface area (Å²) in [7, 11) is 0. The SMILES string of the molecule is CSNC1CCc2cc(C(C)C)nn2C1COC1CCN(c2ccccc2F)CC1. The summed E-state index contributed by atoms with van der Waals surface area (Å²) in [6.07, 6.45) is 6.29. The second-order valence-electron chi connectivity index (χ2n) is 8.67. The molecule has 2 atom stereocenters. The molecule has 0 amide bonds. The maximum Gasteiger partial charge on any atom is 0.146 e. The van der Waals surface area contributed by atoms with Crippen LogP contribution in [0.3, 0.4) is 0 Å². The van der Waals surface area contributed by atoms with Gasteiger partial charge in [0, 0.05) is 24.8 Å². The summed E-state index contributed by atoms with van der Waals surface area (Å²) >= 11 is 1.67. The zero-order valence-corrected chi connectivity index (χ0v) is 19.0. The molecule has 1 aromatic heterocycles. The molecule has 5 nitrogen and oxygen atoms in total. The van der Waals surface area contributed by atoms with Crippen molar-refractivity contribution in [2.24, 2.45) is 0 Å². The number of rotatable bonds is 7. The first kappa shape index (κ1) is 21.7. The van der Waals surface area contributed by atoms with Gasteiger partial charge in [0.1, 0.15) is 5.82 Å². The Labute approximate surface area is 183 Å². The Morgan fingerprint density at radius 3 is 2.70 bits per heavy atom. The maximum absolute atomic E-state index is 14.1. The van der Waals surface area contributed by atoms with Crippen molar-refractivity contribution in [2.75, 3.05) is 30.9 Å². The van der Waals surface area contributed by atoms with Crippen molar-refractivity contribution >= 4 is 17.6 Å². The third-order valence-corrected chi connectivity index (χ3v) is 6.86. The molecule has 4 rings (SSSR count). The van der Waals surface area contributed by atoms with Crippen molar-refractivity contribution in [1.29, 1.82) is 0 Å². The number of aromatic nitrogens is 2. The predicted molar refractivity (Wildman–Crippen MR) is 122 cm³/mol. The van der Waals surface area contributed by atoms with Crippen LogP contribution in [-0.2, 0) is 11.2 Å². The van der Waals surface area contributed by atoms with Gasteiger partial charge in [-0.05, 0) is 56.1 Å². The van der Waals surface area contributed by atoms with Crippen LogP contribution in [0.5, 0.6) is 0 Å². The molecule has 7 heteroatoms. The first-order valence-electron chi connectivity index (χ1n) is 11.0. The van der Waals surface area contributed by atoms with Gasteiger partial charge in [-0.25, -0.2) is 4.39 Å². The van der Waals surface area contributed by atoms with E-state index in [-0.39, 0.29) is 18.0 Å². The topological polar surface area (TPSA) is 42.3 Å². The first-order chi connectivity index (χ1) is 14.6. The highest BCUT2D eigenvalue weighted by atomic mass is 32.2. The molecule has 1 fully saturated rings. The highest BCUT2D eigenvalue weighted by Gasteiger charge is 2.32. The third-order valence-electron chi connectivity index (χ3n) is 6.32. The normalized spacial score (nSPS) is 22.5. The van der Waals surface area contributed by atoms with Crippen molar-refractivity contribution in [3.05, 3.63) is 47.5 Å². The average molecular weight is 433 g/mol. The molecule has 2 unspecified atom stereocenters. The second kappa shape index (κ2) is 9.71. The highest BCUT2D eigenvalue weighted by Crippen LogP contribution is 2.30. The Balaban J connectivity index is 1.38. The molecule has 3 heterocycles. The molecular weight excluding hydrogens is 399 g/mol. The van der Waals surface area contributed by atoms with E-state index in [1.54, 1.807) is 18.0 Å². The highest BCUT2D eigenvalue weighted by molar-refractivity contribution is 7.96. The Kier molecular flexibility index (Phi) is 7.01. The van der Waals surface area contributed by atoms with E-state index in [4.69, 9.17) is 9.84 Å². The summed E-state index contributed by atoms with van der Waals surface area (Å²) in [6, 6.07) is 9.86. The molecule has 2 aliphatic heterocycles. The van der Waals surface area contributed by atoms with Crippen LogP contribution in [0.25, 0.3) is 0 Å². The lowest BCUT2D eigenvalue weighted by atomic mass is 9.98. The lowest BCUT2D eigenvalue weighted by molar-refractivity contribution is 0.00624. The quantitative estimate of drug-likeness (QED) is 0.650. The fourth-order valence-electron chi connectivity index (χ4n) is 4.56. The molecule has 0 bridgehead atoms. The smallest absolute Gasteiger partial charge is 0.146 e. The Bertz CT molecular complexity index is 834. The van der Waals surface area contributed by atoms with Gasteiger partial charge in [-0.3, -0.25) is 9.40 Å². The summed E-state index contributed by atoms with van der Waals surface area (Å²) in [4.78, 5) is 2.13. The number of hydrogen-bond donors (Lipinski definition) is 1. The zero-order chi connectivity index (χ0) is 21.1. The largest absolute Gasteiger partial charge is 0.376 e. The molecular formula is C23H33FN4OS. The fraction of sp³-hybridized carbons (Fsp3) is 0.609. The van der Waals surface area contributed by atoms with E-state index in [2.05, 4.69) is 40.5 Å². The van der Waals surface area contributed by atoms with E-state index >= 15 is 0 Å². The van der Waals surface area contributed by atoms with Crippen LogP contribution in [0.4, 0.5) is 10.1 Å². The van der Waals surface area contributed by atoms with Gasteiger partial charge in [0.05, 0.1) is 30.1 Å². The van der Waals surface area contributed by atoms with Gasteiger partial charge in [0.15, 0.2) is 0 Å². The first-order valence-corrected chi connectivity index (χ1v) is 12.3. The minimum Gasteiger partial charge on any atom is -0.376 e. The minimum absolute atomic E-state index is 0.141. The zero-order valence-electron chi connectivity index (χ0n) is 18.2. The van der Waals surface area contributed by atoms with Crippen molar-refractivity contribution in [3.63, 3.8) is 0 Å². The molecule has 0 spiro atoms. The van der Waals surface area contributed by atoms with Crippen LogP contribution in [-0.4, -0.2) is 47.9 Å². The summed E-state index contributed by atoms with van der Waals surface area (Å²) in [6.45, 7) is 6.71. The van der Waals surface area contributed by atoms with E-state index < -0.39 is 0 Å². The van der Waals surface area contributed by atoms with Gasteiger partial charge in [-0.15, -0.1) is 0 Å². The van der Waals surface area contributed by atoms with E-state index in [1.165, 1.54) is 11.8 Å². The Hall–Kier alpha value is -1.57. The number of para-hydroxylation sites is 1. The van der Waals surface area contributed by atoms with Crippen LogP contribution in [0.1, 0.15) is 56.5 Å². The van der Waals surface area contributed by atoms with E-state index in [0.717, 1.165) is 44.5 Å². The van der Waals surface area contributed by atoms with Gasteiger partial charge in [-0.1, -0.05) is 37.9 Å². The van der Waals surface area contributed by atoms with Gasteiger partial charge in [0.2, 0.25) is 0 Å². The lowest BCUT2D eigenvalue weighted by Gasteiger charge is -2.36. The molecule has 0 aliphatic carbocycles. The standard InChI is InChI=1S/C23H33FN4OS/c1-16(2)21-14-17-8-9-20(26-30-3)23(28(17)25-21)15-29-18-10-12-27(13-11-18)22-7-5-4-6-19(22)24/h4-7,14,16,18,20,23,26H,8-13,15H2,1-3H3. The number of ether oxygens (including phenoxy) is 1. The number of nitrogens with zero attached hydrogens (tertiary/aromatic N) is 3. The number of halogens is 1. The third kappa shape index (κ3) is 4.68. The number of hydrogen-bond acceptors (Lipinski definition) is 5. The molecule has 1 N–H and O–H groups in total. The molecule has 0 radical (unpaired) electrons. The summed E-state index contributed by atoms with van der Waals surface area (Å²) in [5.41, 5.74) is 3.19. The monoisotopic (exact) mass is 432 g/mol. The van der Waals surface area contributed by atoms with Crippen molar-refractivity contribution in [2.45, 2.75) is 63.6 Å². The molecule has 164 valence electrons. The van der Waals surface area contributed by atoms with Crippen molar-refractivity contribution in [1.82, 2.24) is 14.5 Å². The molecule has 30 heavy (non-hydrogen) atoms. The second-order valence-corrected chi connectivity index (χ2v) is 9.31. The Morgan fingerprint density at radius 2 is 2.00 bits per heavy atom. The van der Waals surface area contributed by atoms with Gasteiger partial charge in [0.25, 0.3) is 0 Å². The van der Waals surface area contributed by atoms with Crippen LogP contribution in [0.2, 0.25) is 0 Å². The summed E-state index contributed by atoms with van der Waals surface area (Å²) in [5, 5.41) is 4.93. The average Bonchev–Trinajstić information content (AvgIpc) is 3.19. The van der Waals surface area contributed by atoms with Crippen molar-refractivity contribution in [3.8, 4) is 0 Å². The molecule has 1 saturated heterocycles. The van der Waals surface area contributed by atoms with E-state index in [1.807, 2.05) is 12.1 Å². The van der Waals surface area contributed by atoms with E-state index in [0.29, 0.717) is 24.3 Å². The van der Waals surface area contributed by atoms with Crippen LogP contribution >= 0.6 is 11.9 Å². The lowest BCUT2D eigenvalue weighted by Crippen LogP contribution is -2.43.